The zero-order valence-electron chi connectivity index (χ0n) is 8.11. The van der Waals surface area contributed by atoms with Crippen molar-refractivity contribution in [2.45, 2.75) is 51.5 Å². The maximum Gasteiger partial charge on any atom is 1.00 e. The molecule has 0 aromatic carbocycles. The Balaban J connectivity index is 0.000001000. The van der Waals surface area contributed by atoms with Gasteiger partial charge >= 0.3 is 18.9 Å². The van der Waals surface area contributed by atoms with Crippen molar-refractivity contribution in [2.24, 2.45) is 5.92 Å². The molecule has 0 amide bonds. The van der Waals surface area contributed by atoms with E-state index in [1.165, 1.54) is 32.1 Å². The molecule has 0 aromatic rings. The van der Waals surface area contributed by atoms with Gasteiger partial charge in [-0.05, 0) is 0 Å². The summed E-state index contributed by atoms with van der Waals surface area (Å²) >= 11 is 0. The van der Waals surface area contributed by atoms with Gasteiger partial charge in [0.25, 0.3) is 0 Å². The molecule has 1 rings (SSSR count). The molecule has 0 aliphatic heterocycles. The van der Waals surface area contributed by atoms with Gasteiger partial charge in [0.15, 0.2) is 0 Å². The molecular formula is C9H18LiN. The third-order valence-corrected chi connectivity index (χ3v) is 2.63. The van der Waals surface area contributed by atoms with E-state index in [1.54, 1.807) is 0 Å². The normalized spacial score (nSPS) is 21.0. The Morgan fingerprint density at radius 3 is 1.82 bits per heavy atom. The zero-order chi connectivity index (χ0) is 7.61. The van der Waals surface area contributed by atoms with Crippen LogP contribution in [0, 0.1) is 5.92 Å². The molecule has 0 unspecified atom stereocenters. The molecular weight excluding hydrogens is 129 g/mol. The molecule has 0 radical (unpaired) electrons. The standard InChI is InChI=1S/C9H18N.Li/c1-9(2,10)8-6-4-3-5-7-8;/h8,10H,3-7H2,1-2H3;/q-1;+1. The van der Waals surface area contributed by atoms with Crippen molar-refractivity contribution in [1.29, 1.82) is 0 Å². The molecule has 0 heterocycles. The van der Waals surface area contributed by atoms with Gasteiger partial charge in [-0.1, -0.05) is 51.9 Å². The van der Waals surface area contributed by atoms with E-state index in [9.17, 15) is 0 Å². The smallest absolute Gasteiger partial charge is 0.672 e. The average Bonchev–Trinajstić information content (AvgIpc) is 1.88. The monoisotopic (exact) mass is 147 g/mol. The summed E-state index contributed by atoms with van der Waals surface area (Å²) in [6.07, 6.45) is 6.68. The first-order valence-electron chi connectivity index (χ1n) is 4.36. The second-order valence-electron chi connectivity index (χ2n) is 4.06. The molecule has 1 aliphatic rings. The van der Waals surface area contributed by atoms with Crippen molar-refractivity contribution in [2.75, 3.05) is 0 Å². The minimum Gasteiger partial charge on any atom is -0.672 e. The maximum absolute atomic E-state index is 7.83. The fourth-order valence-corrected chi connectivity index (χ4v) is 1.82. The molecule has 1 fully saturated rings. The van der Waals surface area contributed by atoms with E-state index < -0.39 is 0 Å². The summed E-state index contributed by atoms with van der Waals surface area (Å²) in [5, 5.41) is 0. The predicted molar refractivity (Wildman–Crippen MR) is 45.0 cm³/mol. The van der Waals surface area contributed by atoms with E-state index >= 15 is 0 Å². The Kier molecular flexibility index (Phi) is 4.78. The molecule has 0 aromatic heterocycles. The second kappa shape index (κ2) is 4.55. The quantitative estimate of drug-likeness (QED) is 0.479. The van der Waals surface area contributed by atoms with Crippen LogP contribution in [0.15, 0.2) is 0 Å². The van der Waals surface area contributed by atoms with E-state index in [0.717, 1.165) is 0 Å². The number of rotatable bonds is 1. The summed E-state index contributed by atoms with van der Waals surface area (Å²) in [5.74, 6) is 0.668. The fraction of sp³-hybridized carbons (Fsp3) is 1.00. The molecule has 1 nitrogen and oxygen atoms in total. The van der Waals surface area contributed by atoms with Gasteiger partial charge in [-0.25, -0.2) is 0 Å². The average molecular weight is 147 g/mol. The summed E-state index contributed by atoms with van der Waals surface area (Å²) in [7, 11) is 0. The molecule has 1 aliphatic carbocycles. The summed E-state index contributed by atoms with van der Waals surface area (Å²) in [6.45, 7) is 4.09. The van der Waals surface area contributed by atoms with Crippen LogP contribution in [0.3, 0.4) is 0 Å². The van der Waals surface area contributed by atoms with Gasteiger partial charge in [0.2, 0.25) is 0 Å². The Morgan fingerprint density at radius 1 is 1.09 bits per heavy atom. The van der Waals surface area contributed by atoms with Crippen molar-refractivity contribution < 1.29 is 18.9 Å². The zero-order valence-corrected chi connectivity index (χ0v) is 8.11. The molecule has 1 N–H and O–H groups in total. The first kappa shape index (κ1) is 11.6. The topological polar surface area (TPSA) is 23.8 Å². The summed E-state index contributed by atoms with van der Waals surface area (Å²) in [6, 6.07) is 0. The first-order valence-corrected chi connectivity index (χ1v) is 4.36. The Bertz CT molecular complexity index is 101. The third-order valence-electron chi connectivity index (χ3n) is 2.63. The molecule has 11 heavy (non-hydrogen) atoms. The Labute approximate surface area is 82.3 Å². The van der Waals surface area contributed by atoms with Gasteiger partial charge in [-0.15, -0.1) is 5.54 Å². The van der Waals surface area contributed by atoms with E-state index in [0.29, 0.717) is 5.92 Å². The predicted octanol–water partition coefficient (Wildman–Crippen LogP) is 0.401. The largest absolute Gasteiger partial charge is 1.00 e. The fourth-order valence-electron chi connectivity index (χ4n) is 1.82. The van der Waals surface area contributed by atoms with Crippen molar-refractivity contribution in [3.8, 4) is 0 Å². The van der Waals surface area contributed by atoms with Gasteiger partial charge < -0.3 is 5.73 Å². The van der Waals surface area contributed by atoms with Gasteiger partial charge in [0, 0.05) is 0 Å². The van der Waals surface area contributed by atoms with Crippen LogP contribution in [0.1, 0.15) is 46.0 Å². The van der Waals surface area contributed by atoms with Crippen LogP contribution < -0.4 is 18.9 Å². The van der Waals surface area contributed by atoms with Gasteiger partial charge in [0.1, 0.15) is 0 Å². The van der Waals surface area contributed by atoms with Gasteiger partial charge in [-0.2, -0.15) is 0 Å². The van der Waals surface area contributed by atoms with Crippen molar-refractivity contribution >= 4 is 0 Å². The van der Waals surface area contributed by atoms with Crippen LogP contribution in [0.25, 0.3) is 5.73 Å². The molecule has 1 saturated carbocycles. The number of hydrogen-bond acceptors (Lipinski definition) is 0. The van der Waals surface area contributed by atoms with E-state index in [2.05, 4.69) is 0 Å². The number of nitrogens with one attached hydrogen (secondary N) is 1. The van der Waals surface area contributed by atoms with Crippen LogP contribution in [-0.4, -0.2) is 5.54 Å². The molecule has 0 atom stereocenters. The second-order valence-corrected chi connectivity index (χ2v) is 4.06. The van der Waals surface area contributed by atoms with Crippen LogP contribution >= 0.6 is 0 Å². The molecule has 60 valence electrons. The minimum atomic E-state index is -0.180. The SMILES string of the molecule is CC(C)([NH-])C1CCCCC1.[Li+]. The van der Waals surface area contributed by atoms with Crippen molar-refractivity contribution in [1.82, 2.24) is 0 Å². The summed E-state index contributed by atoms with van der Waals surface area (Å²) < 4.78 is 0. The molecule has 0 saturated heterocycles. The Hall–Kier alpha value is 0.557. The molecule has 0 spiro atoms. The van der Waals surface area contributed by atoms with E-state index in [4.69, 9.17) is 5.73 Å². The maximum atomic E-state index is 7.83. The van der Waals surface area contributed by atoms with Gasteiger partial charge in [0.05, 0.1) is 0 Å². The van der Waals surface area contributed by atoms with Crippen LogP contribution in [0.4, 0.5) is 0 Å². The van der Waals surface area contributed by atoms with Crippen LogP contribution in [0.2, 0.25) is 0 Å². The molecule has 0 bridgehead atoms. The van der Waals surface area contributed by atoms with Crippen LogP contribution in [-0.2, 0) is 0 Å². The summed E-state index contributed by atoms with van der Waals surface area (Å²) in [5.41, 5.74) is 7.65. The van der Waals surface area contributed by atoms with Crippen molar-refractivity contribution in [3.05, 3.63) is 5.73 Å². The van der Waals surface area contributed by atoms with E-state index in [-0.39, 0.29) is 24.4 Å². The van der Waals surface area contributed by atoms with E-state index in [1.807, 2.05) is 13.8 Å². The number of hydrogen-bond donors (Lipinski definition) is 0. The third kappa shape index (κ3) is 3.65. The summed E-state index contributed by atoms with van der Waals surface area (Å²) in [4.78, 5) is 0. The minimum absolute atomic E-state index is 0. The first-order chi connectivity index (χ1) is 4.61. The van der Waals surface area contributed by atoms with Crippen molar-refractivity contribution in [3.63, 3.8) is 0 Å². The van der Waals surface area contributed by atoms with Gasteiger partial charge in [-0.3, -0.25) is 0 Å². The molecule has 2 heteroatoms. The Morgan fingerprint density at radius 2 is 1.55 bits per heavy atom. The van der Waals surface area contributed by atoms with Crippen LogP contribution in [0.5, 0.6) is 0 Å².